The van der Waals surface area contributed by atoms with Crippen molar-refractivity contribution in [1.29, 1.82) is 0 Å². The van der Waals surface area contributed by atoms with Crippen LogP contribution in [-0.2, 0) is 16.1 Å². The fourth-order valence-electron chi connectivity index (χ4n) is 3.19. The summed E-state index contributed by atoms with van der Waals surface area (Å²) in [5.74, 6) is -1.06. The van der Waals surface area contributed by atoms with Gasteiger partial charge in [-0.05, 0) is 44.2 Å². The van der Waals surface area contributed by atoms with Crippen LogP contribution in [0.2, 0.25) is 0 Å². The molecule has 0 saturated heterocycles. The summed E-state index contributed by atoms with van der Waals surface area (Å²) in [6.07, 6.45) is 0.827. The summed E-state index contributed by atoms with van der Waals surface area (Å²) in [6, 6.07) is 14.2. The van der Waals surface area contributed by atoms with Crippen molar-refractivity contribution in [3.8, 4) is 0 Å². The van der Waals surface area contributed by atoms with Crippen molar-refractivity contribution in [1.82, 2.24) is 4.57 Å². The molecule has 3 rings (SSSR count). The second-order valence-electron chi connectivity index (χ2n) is 7.48. The lowest BCUT2D eigenvalue weighted by atomic mass is 10.1. The highest BCUT2D eigenvalue weighted by molar-refractivity contribution is 6.06. The molecule has 0 radical (unpaired) electrons. The van der Waals surface area contributed by atoms with Crippen molar-refractivity contribution in [2.45, 2.75) is 40.3 Å². The molecule has 1 amide bonds. The van der Waals surface area contributed by atoms with E-state index >= 15 is 0 Å². The summed E-state index contributed by atoms with van der Waals surface area (Å²) >= 11 is 0. The Morgan fingerprint density at radius 2 is 1.67 bits per heavy atom. The summed E-state index contributed by atoms with van der Waals surface area (Å²) < 4.78 is 7.45. The first-order valence-corrected chi connectivity index (χ1v) is 10.1. The van der Waals surface area contributed by atoms with Crippen molar-refractivity contribution in [3.63, 3.8) is 0 Å². The number of esters is 1. The van der Waals surface area contributed by atoms with E-state index in [2.05, 4.69) is 5.32 Å². The number of hydrogen-bond acceptors (Lipinski definition) is 4. The Morgan fingerprint density at radius 3 is 2.30 bits per heavy atom. The highest BCUT2D eigenvalue weighted by atomic mass is 16.5. The number of nitrogens with one attached hydrogen (secondary N) is 1. The predicted octanol–water partition coefficient (Wildman–Crippen LogP) is 4.68. The maximum absolute atomic E-state index is 12.7. The smallest absolute Gasteiger partial charge is 0.341 e. The number of benzene rings is 2. The Hall–Kier alpha value is -3.41. The molecular weight excluding hydrogens is 380 g/mol. The number of rotatable bonds is 7. The van der Waals surface area contributed by atoms with Crippen LogP contribution in [0.25, 0.3) is 10.9 Å². The third kappa shape index (κ3) is 4.43. The third-order valence-electron chi connectivity index (χ3n) is 4.96. The summed E-state index contributed by atoms with van der Waals surface area (Å²) in [7, 11) is 0. The molecule has 1 atom stereocenters. The number of hydrogen-bond donors (Lipinski definition) is 1. The average Bonchev–Trinajstić information content (AvgIpc) is 3.12. The number of amides is 1. The van der Waals surface area contributed by atoms with E-state index in [1.807, 2.05) is 35.8 Å². The molecule has 156 valence electrons. The van der Waals surface area contributed by atoms with Crippen molar-refractivity contribution in [3.05, 3.63) is 65.9 Å². The molecule has 1 heterocycles. The Bertz CT molecular complexity index is 1080. The quantitative estimate of drug-likeness (QED) is 0.456. The van der Waals surface area contributed by atoms with Gasteiger partial charge in [0, 0.05) is 40.8 Å². The zero-order chi connectivity index (χ0) is 21.8. The first-order chi connectivity index (χ1) is 14.3. The van der Waals surface area contributed by atoms with E-state index in [-0.39, 0.29) is 17.6 Å². The molecule has 1 unspecified atom stereocenters. The molecule has 0 fully saturated rings. The Kier molecular flexibility index (Phi) is 6.35. The van der Waals surface area contributed by atoms with Gasteiger partial charge in [-0.15, -0.1) is 0 Å². The first-order valence-electron chi connectivity index (χ1n) is 10.1. The molecular formula is C24H26N2O4. The van der Waals surface area contributed by atoms with Crippen LogP contribution in [0.5, 0.6) is 0 Å². The number of ketones is 1. The Morgan fingerprint density at radius 1 is 1.00 bits per heavy atom. The SMILES string of the molecule is CCn1cc(C(=O)OC(C)C(=O)c2ccc(NC(=O)C(C)C)cc2)c2ccccc21. The second-order valence-corrected chi connectivity index (χ2v) is 7.48. The standard InChI is InChI=1S/C24H26N2O4/c1-5-26-14-20(19-8-6-7-9-21(19)26)24(29)30-16(4)22(27)17-10-12-18(13-11-17)25-23(28)15(2)3/h6-16H,5H2,1-4H3,(H,25,28). The van der Waals surface area contributed by atoms with Gasteiger partial charge < -0.3 is 14.6 Å². The molecule has 0 aliphatic carbocycles. The van der Waals surface area contributed by atoms with Gasteiger partial charge in [-0.25, -0.2) is 4.79 Å². The van der Waals surface area contributed by atoms with Gasteiger partial charge in [0.2, 0.25) is 11.7 Å². The number of para-hydroxylation sites is 1. The lowest BCUT2D eigenvalue weighted by Crippen LogP contribution is -2.24. The highest BCUT2D eigenvalue weighted by Crippen LogP contribution is 2.23. The average molecular weight is 406 g/mol. The molecule has 2 aromatic carbocycles. The molecule has 6 nitrogen and oxygen atoms in total. The van der Waals surface area contributed by atoms with E-state index in [0.717, 1.165) is 17.4 Å². The lowest BCUT2D eigenvalue weighted by Gasteiger charge is -2.13. The molecule has 30 heavy (non-hydrogen) atoms. The topological polar surface area (TPSA) is 77.4 Å². The molecule has 3 aromatic rings. The molecule has 0 saturated carbocycles. The summed E-state index contributed by atoms with van der Waals surface area (Å²) in [6.45, 7) is 7.90. The first kappa shape index (κ1) is 21.3. The zero-order valence-corrected chi connectivity index (χ0v) is 17.6. The molecule has 0 spiro atoms. The Labute approximate surface area is 175 Å². The van der Waals surface area contributed by atoms with Gasteiger partial charge in [0.25, 0.3) is 0 Å². The van der Waals surface area contributed by atoms with Gasteiger partial charge in [-0.2, -0.15) is 0 Å². The van der Waals surface area contributed by atoms with E-state index < -0.39 is 12.1 Å². The highest BCUT2D eigenvalue weighted by Gasteiger charge is 2.23. The Balaban J connectivity index is 1.71. The normalized spacial score (nSPS) is 12.0. The van der Waals surface area contributed by atoms with E-state index in [4.69, 9.17) is 4.74 Å². The lowest BCUT2D eigenvalue weighted by molar-refractivity contribution is -0.118. The van der Waals surface area contributed by atoms with Gasteiger partial charge in [-0.3, -0.25) is 9.59 Å². The minimum Gasteiger partial charge on any atom is -0.451 e. The fraction of sp³-hybridized carbons (Fsp3) is 0.292. The maximum Gasteiger partial charge on any atom is 0.341 e. The largest absolute Gasteiger partial charge is 0.451 e. The van der Waals surface area contributed by atoms with Crippen LogP contribution in [0.4, 0.5) is 5.69 Å². The minimum atomic E-state index is -0.933. The molecule has 0 aliphatic rings. The van der Waals surface area contributed by atoms with Gasteiger partial charge in [-0.1, -0.05) is 32.0 Å². The second kappa shape index (κ2) is 8.95. The number of nitrogens with zero attached hydrogens (tertiary/aromatic N) is 1. The van der Waals surface area contributed by atoms with Gasteiger partial charge >= 0.3 is 5.97 Å². The molecule has 1 N–H and O–H groups in total. The minimum absolute atomic E-state index is 0.0948. The number of aromatic nitrogens is 1. The summed E-state index contributed by atoms with van der Waals surface area (Å²) in [5.41, 5.74) is 2.42. The number of aryl methyl sites for hydroxylation is 1. The number of ether oxygens (including phenoxy) is 1. The van der Waals surface area contributed by atoms with Crippen molar-refractivity contribution in [2.24, 2.45) is 5.92 Å². The van der Waals surface area contributed by atoms with Gasteiger partial charge in [0.15, 0.2) is 6.10 Å². The number of carbonyl (C=O) groups is 3. The summed E-state index contributed by atoms with van der Waals surface area (Å²) in [4.78, 5) is 37.2. The monoisotopic (exact) mass is 406 g/mol. The number of carbonyl (C=O) groups excluding carboxylic acids is 3. The van der Waals surface area contributed by atoms with E-state index in [1.165, 1.54) is 0 Å². The van der Waals surface area contributed by atoms with E-state index in [0.29, 0.717) is 16.8 Å². The van der Waals surface area contributed by atoms with Crippen LogP contribution >= 0.6 is 0 Å². The zero-order valence-electron chi connectivity index (χ0n) is 17.6. The number of anilines is 1. The maximum atomic E-state index is 12.7. The van der Waals surface area contributed by atoms with Gasteiger partial charge in [0.05, 0.1) is 5.56 Å². The number of fused-ring (bicyclic) bond motifs is 1. The number of Topliss-reactive ketones (excluding diaryl/α,β-unsaturated/α-hetero) is 1. The van der Waals surface area contributed by atoms with Gasteiger partial charge in [0.1, 0.15) is 0 Å². The van der Waals surface area contributed by atoms with Crippen LogP contribution in [0.1, 0.15) is 48.4 Å². The van der Waals surface area contributed by atoms with Crippen LogP contribution in [0, 0.1) is 5.92 Å². The van der Waals surface area contributed by atoms with E-state index in [1.54, 1.807) is 51.2 Å². The van der Waals surface area contributed by atoms with Crippen LogP contribution in [-0.4, -0.2) is 28.3 Å². The van der Waals surface area contributed by atoms with Crippen molar-refractivity contribution in [2.75, 3.05) is 5.32 Å². The fourth-order valence-corrected chi connectivity index (χ4v) is 3.19. The molecule has 6 heteroatoms. The van der Waals surface area contributed by atoms with Crippen LogP contribution < -0.4 is 5.32 Å². The van der Waals surface area contributed by atoms with Crippen LogP contribution in [0.3, 0.4) is 0 Å². The van der Waals surface area contributed by atoms with E-state index in [9.17, 15) is 14.4 Å². The predicted molar refractivity (Wildman–Crippen MR) is 117 cm³/mol. The van der Waals surface area contributed by atoms with Crippen molar-refractivity contribution >= 4 is 34.3 Å². The summed E-state index contributed by atoms with van der Waals surface area (Å²) in [5, 5.41) is 3.58. The molecule has 0 bridgehead atoms. The molecule has 1 aromatic heterocycles. The third-order valence-corrected chi connectivity index (χ3v) is 4.96. The van der Waals surface area contributed by atoms with Crippen LogP contribution in [0.15, 0.2) is 54.7 Å². The molecule has 0 aliphatic heterocycles. The van der Waals surface area contributed by atoms with Crippen molar-refractivity contribution < 1.29 is 19.1 Å².